The molecule has 0 bridgehead atoms. The summed E-state index contributed by atoms with van der Waals surface area (Å²) >= 11 is 0. The van der Waals surface area contributed by atoms with E-state index in [1.807, 2.05) is 0 Å². The van der Waals surface area contributed by atoms with Crippen LogP contribution in [0.25, 0.3) is 0 Å². The molecule has 13 heavy (non-hydrogen) atoms. The molecule has 0 saturated carbocycles. The Morgan fingerprint density at radius 3 is 2.54 bits per heavy atom. The van der Waals surface area contributed by atoms with Crippen LogP contribution in [0, 0.1) is 12.7 Å². The molecule has 70 valence electrons. The van der Waals surface area contributed by atoms with Crippen LogP contribution >= 0.6 is 0 Å². The monoisotopic (exact) mass is 182 g/mol. The third kappa shape index (κ3) is 1.86. The summed E-state index contributed by atoms with van der Waals surface area (Å²) in [6.45, 7) is 3.06. The van der Waals surface area contributed by atoms with Gasteiger partial charge in [0.05, 0.1) is 12.7 Å². The summed E-state index contributed by atoms with van der Waals surface area (Å²) in [6.07, 6.45) is 0. The van der Waals surface area contributed by atoms with Crippen LogP contribution in [-0.4, -0.2) is 12.9 Å². The molecule has 0 unspecified atom stereocenters. The Hall–Kier alpha value is -1.38. The van der Waals surface area contributed by atoms with Crippen molar-refractivity contribution in [3.8, 4) is 5.75 Å². The lowest BCUT2D eigenvalue weighted by Gasteiger charge is -2.07. The van der Waals surface area contributed by atoms with E-state index in [9.17, 15) is 9.18 Å². The maximum absolute atomic E-state index is 13.2. The van der Waals surface area contributed by atoms with Gasteiger partial charge in [-0.1, -0.05) is 0 Å². The smallest absolute Gasteiger partial charge is 0.166 e. The van der Waals surface area contributed by atoms with E-state index in [1.165, 1.54) is 20.1 Å². The Bertz CT molecular complexity index is 345. The Kier molecular flexibility index (Phi) is 2.66. The number of benzene rings is 1. The summed E-state index contributed by atoms with van der Waals surface area (Å²) in [5, 5.41) is 0. The maximum Gasteiger partial charge on any atom is 0.166 e. The van der Waals surface area contributed by atoms with Crippen molar-refractivity contribution >= 4 is 5.78 Å². The molecule has 0 saturated heterocycles. The summed E-state index contributed by atoms with van der Waals surface area (Å²) in [6, 6.07) is 2.96. The number of rotatable bonds is 2. The number of halogens is 1. The predicted molar refractivity (Wildman–Crippen MR) is 47.7 cm³/mol. The molecule has 1 aromatic carbocycles. The zero-order chi connectivity index (χ0) is 10.0. The number of hydrogen-bond acceptors (Lipinski definition) is 2. The van der Waals surface area contributed by atoms with E-state index in [4.69, 9.17) is 4.74 Å². The molecule has 0 N–H and O–H groups in total. The Morgan fingerprint density at radius 1 is 1.46 bits per heavy atom. The zero-order valence-electron chi connectivity index (χ0n) is 7.85. The lowest BCUT2D eigenvalue weighted by molar-refractivity contribution is 0.101. The van der Waals surface area contributed by atoms with Gasteiger partial charge in [-0.05, 0) is 31.5 Å². The van der Waals surface area contributed by atoms with Gasteiger partial charge in [0.1, 0.15) is 11.6 Å². The molecule has 0 atom stereocenters. The van der Waals surface area contributed by atoms with Gasteiger partial charge in [0.15, 0.2) is 5.78 Å². The highest BCUT2D eigenvalue weighted by Crippen LogP contribution is 2.23. The lowest BCUT2D eigenvalue weighted by Crippen LogP contribution is -2.01. The summed E-state index contributed by atoms with van der Waals surface area (Å²) in [4.78, 5) is 11.0. The van der Waals surface area contributed by atoms with Crippen LogP contribution in [-0.2, 0) is 0 Å². The zero-order valence-corrected chi connectivity index (χ0v) is 7.85. The van der Waals surface area contributed by atoms with E-state index in [0.717, 1.165) is 5.56 Å². The van der Waals surface area contributed by atoms with Crippen LogP contribution < -0.4 is 4.74 Å². The van der Waals surface area contributed by atoms with E-state index in [-0.39, 0.29) is 11.3 Å². The fourth-order valence-corrected chi connectivity index (χ4v) is 1.21. The molecule has 0 fully saturated rings. The normalized spacial score (nSPS) is 9.85. The van der Waals surface area contributed by atoms with Crippen molar-refractivity contribution in [1.29, 1.82) is 0 Å². The van der Waals surface area contributed by atoms with Crippen LogP contribution in [0.15, 0.2) is 12.1 Å². The molecule has 0 aliphatic heterocycles. The molecule has 0 aliphatic carbocycles. The minimum Gasteiger partial charge on any atom is -0.496 e. The van der Waals surface area contributed by atoms with Gasteiger partial charge < -0.3 is 4.74 Å². The van der Waals surface area contributed by atoms with Gasteiger partial charge in [-0.2, -0.15) is 0 Å². The van der Waals surface area contributed by atoms with Crippen molar-refractivity contribution in [1.82, 2.24) is 0 Å². The number of aryl methyl sites for hydroxylation is 1. The molecule has 3 heteroatoms. The number of carbonyl (C=O) groups is 1. The largest absolute Gasteiger partial charge is 0.496 e. The van der Waals surface area contributed by atoms with E-state index >= 15 is 0 Å². The second kappa shape index (κ2) is 3.56. The number of hydrogen-bond donors (Lipinski definition) is 0. The van der Waals surface area contributed by atoms with Gasteiger partial charge in [0.25, 0.3) is 0 Å². The topological polar surface area (TPSA) is 26.3 Å². The molecule has 1 rings (SSSR count). The third-order valence-electron chi connectivity index (χ3n) is 1.77. The first kappa shape index (κ1) is 9.71. The second-order valence-electron chi connectivity index (χ2n) is 2.88. The van der Waals surface area contributed by atoms with E-state index in [0.29, 0.717) is 5.75 Å². The molecule has 2 nitrogen and oxygen atoms in total. The van der Waals surface area contributed by atoms with E-state index in [2.05, 4.69) is 0 Å². The van der Waals surface area contributed by atoms with Gasteiger partial charge in [-0.3, -0.25) is 4.79 Å². The first-order valence-corrected chi connectivity index (χ1v) is 3.91. The van der Waals surface area contributed by atoms with Gasteiger partial charge in [0.2, 0.25) is 0 Å². The molecule has 1 aromatic rings. The highest BCUT2D eigenvalue weighted by Gasteiger charge is 2.14. The Balaban J connectivity index is 3.38. The van der Waals surface area contributed by atoms with Crippen LogP contribution in [0.2, 0.25) is 0 Å². The minimum atomic E-state index is -0.524. The van der Waals surface area contributed by atoms with E-state index in [1.54, 1.807) is 13.0 Å². The molecule has 0 heterocycles. The summed E-state index contributed by atoms with van der Waals surface area (Å²) in [5.74, 6) is -0.552. The van der Waals surface area contributed by atoms with Crippen LogP contribution in [0.1, 0.15) is 22.8 Å². The lowest BCUT2D eigenvalue weighted by atomic mass is 10.1. The summed E-state index contributed by atoms with van der Waals surface area (Å²) in [7, 11) is 1.42. The van der Waals surface area contributed by atoms with Gasteiger partial charge in [0, 0.05) is 0 Å². The third-order valence-corrected chi connectivity index (χ3v) is 1.77. The first-order chi connectivity index (χ1) is 6.06. The Labute approximate surface area is 76.3 Å². The van der Waals surface area contributed by atoms with Crippen molar-refractivity contribution < 1.29 is 13.9 Å². The van der Waals surface area contributed by atoms with Crippen molar-refractivity contribution in [2.45, 2.75) is 13.8 Å². The molecule has 0 radical (unpaired) electrons. The molecule has 0 aromatic heterocycles. The Morgan fingerprint density at radius 2 is 2.08 bits per heavy atom. The number of methoxy groups -OCH3 is 1. The van der Waals surface area contributed by atoms with Crippen LogP contribution in [0.3, 0.4) is 0 Å². The molecular weight excluding hydrogens is 171 g/mol. The molecule has 0 spiro atoms. The van der Waals surface area contributed by atoms with Gasteiger partial charge in [-0.15, -0.1) is 0 Å². The number of ketones is 1. The number of carbonyl (C=O) groups excluding carboxylic acids is 1. The van der Waals surface area contributed by atoms with Crippen molar-refractivity contribution in [2.75, 3.05) is 7.11 Å². The average molecular weight is 182 g/mol. The molecule has 0 aliphatic rings. The fourth-order valence-electron chi connectivity index (χ4n) is 1.21. The number of ether oxygens (including phenoxy) is 1. The molecular formula is C10H11FO2. The standard InChI is InChI=1S/C10H11FO2/c1-6-4-8(11)10(7(2)12)9(5-6)13-3/h4-5H,1-3H3. The quantitative estimate of drug-likeness (QED) is 0.656. The minimum absolute atomic E-state index is 0.0214. The average Bonchev–Trinajstić information content (AvgIpc) is 2.01. The van der Waals surface area contributed by atoms with Crippen LogP contribution in [0.5, 0.6) is 5.75 Å². The summed E-state index contributed by atoms with van der Waals surface area (Å²) < 4.78 is 18.2. The van der Waals surface area contributed by atoms with Crippen LogP contribution in [0.4, 0.5) is 4.39 Å². The summed E-state index contributed by atoms with van der Waals surface area (Å²) in [5.41, 5.74) is 0.757. The van der Waals surface area contributed by atoms with Gasteiger partial charge in [-0.25, -0.2) is 4.39 Å². The SMILES string of the molecule is COc1cc(C)cc(F)c1C(C)=O. The highest BCUT2D eigenvalue weighted by molar-refractivity contribution is 5.97. The second-order valence-corrected chi connectivity index (χ2v) is 2.88. The molecule has 0 amide bonds. The first-order valence-electron chi connectivity index (χ1n) is 3.91. The fraction of sp³-hybridized carbons (Fsp3) is 0.300. The van der Waals surface area contributed by atoms with Crippen molar-refractivity contribution in [3.05, 3.63) is 29.1 Å². The number of Topliss-reactive ketones (excluding diaryl/α,β-unsaturated/α-hetero) is 1. The van der Waals surface area contributed by atoms with E-state index < -0.39 is 5.82 Å². The van der Waals surface area contributed by atoms with Gasteiger partial charge >= 0.3 is 0 Å². The van der Waals surface area contributed by atoms with Crippen molar-refractivity contribution in [3.63, 3.8) is 0 Å². The highest BCUT2D eigenvalue weighted by atomic mass is 19.1. The predicted octanol–water partition coefficient (Wildman–Crippen LogP) is 2.35. The maximum atomic E-state index is 13.2. The van der Waals surface area contributed by atoms with Crippen molar-refractivity contribution in [2.24, 2.45) is 0 Å².